The third kappa shape index (κ3) is 4.47. The first kappa shape index (κ1) is 23.3. The fourth-order valence-corrected chi connectivity index (χ4v) is 5.12. The summed E-state index contributed by atoms with van der Waals surface area (Å²) in [6.07, 6.45) is 5.07. The van der Waals surface area contributed by atoms with Crippen LogP contribution in [0.2, 0.25) is 0 Å². The van der Waals surface area contributed by atoms with Gasteiger partial charge >= 0.3 is 0 Å². The molecule has 8 heteroatoms. The van der Waals surface area contributed by atoms with Crippen molar-refractivity contribution in [2.24, 2.45) is 5.73 Å². The molecule has 182 valence electrons. The van der Waals surface area contributed by atoms with E-state index in [0.29, 0.717) is 56.8 Å². The van der Waals surface area contributed by atoms with E-state index in [9.17, 15) is 9.18 Å². The van der Waals surface area contributed by atoms with Gasteiger partial charge in [-0.15, -0.1) is 0 Å². The SMILES string of the molecule is COCCn1cc(C(=O)N2CCC(c3cc(CN)ccc3F)CC2)c2c(-c3ccn[nH]3)cccc21. The highest BCUT2D eigenvalue weighted by molar-refractivity contribution is 6.12. The number of benzene rings is 2. The Hall–Kier alpha value is -3.49. The van der Waals surface area contributed by atoms with E-state index in [-0.39, 0.29) is 17.6 Å². The maximum absolute atomic E-state index is 14.5. The first-order chi connectivity index (χ1) is 17.1. The Bertz CT molecular complexity index is 1320. The van der Waals surface area contributed by atoms with E-state index in [1.54, 1.807) is 19.4 Å². The number of piperidine rings is 1. The van der Waals surface area contributed by atoms with Crippen LogP contribution in [0.3, 0.4) is 0 Å². The van der Waals surface area contributed by atoms with Crippen LogP contribution in [0.1, 0.15) is 40.2 Å². The number of nitrogens with zero attached hydrogens (tertiary/aromatic N) is 3. The summed E-state index contributed by atoms with van der Waals surface area (Å²) in [5.41, 5.74) is 10.8. The van der Waals surface area contributed by atoms with Crippen LogP contribution in [-0.2, 0) is 17.8 Å². The number of nitrogens with one attached hydrogen (secondary N) is 1. The van der Waals surface area contributed by atoms with Crippen LogP contribution in [0, 0.1) is 5.82 Å². The topological polar surface area (TPSA) is 89.2 Å². The van der Waals surface area contributed by atoms with E-state index in [0.717, 1.165) is 27.7 Å². The van der Waals surface area contributed by atoms with Crippen molar-refractivity contribution in [2.45, 2.75) is 31.8 Å². The number of hydrogen-bond acceptors (Lipinski definition) is 4. The molecule has 1 fully saturated rings. The highest BCUT2D eigenvalue weighted by Gasteiger charge is 2.29. The molecule has 35 heavy (non-hydrogen) atoms. The minimum atomic E-state index is -0.197. The van der Waals surface area contributed by atoms with Gasteiger partial charge in [-0.2, -0.15) is 5.10 Å². The van der Waals surface area contributed by atoms with E-state index < -0.39 is 0 Å². The Morgan fingerprint density at radius 1 is 1.23 bits per heavy atom. The lowest BCUT2D eigenvalue weighted by atomic mass is 9.88. The monoisotopic (exact) mass is 475 g/mol. The van der Waals surface area contributed by atoms with Gasteiger partial charge in [0.15, 0.2) is 0 Å². The number of aromatic nitrogens is 3. The van der Waals surface area contributed by atoms with Gasteiger partial charge in [0.05, 0.1) is 17.9 Å². The highest BCUT2D eigenvalue weighted by atomic mass is 19.1. The molecule has 2 aromatic carbocycles. The van der Waals surface area contributed by atoms with Gasteiger partial charge in [-0.3, -0.25) is 9.89 Å². The predicted molar refractivity (Wildman–Crippen MR) is 134 cm³/mol. The molecule has 0 unspecified atom stereocenters. The van der Waals surface area contributed by atoms with Crippen LogP contribution in [0.4, 0.5) is 4.39 Å². The number of carbonyl (C=O) groups excluding carboxylic acids is 1. The van der Waals surface area contributed by atoms with Crippen molar-refractivity contribution < 1.29 is 13.9 Å². The molecule has 0 radical (unpaired) electrons. The summed E-state index contributed by atoms with van der Waals surface area (Å²) < 4.78 is 21.9. The molecule has 1 aliphatic rings. The molecule has 7 nitrogen and oxygen atoms in total. The number of carbonyl (C=O) groups is 1. The number of aromatic amines is 1. The zero-order chi connectivity index (χ0) is 24.4. The molecule has 3 heterocycles. The molecule has 1 amide bonds. The lowest BCUT2D eigenvalue weighted by Crippen LogP contribution is -2.38. The molecule has 0 saturated carbocycles. The Labute approximate surface area is 203 Å². The lowest BCUT2D eigenvalue weighted by molar-refractivity contribution is 0.0714. The molecule has 0 aliphatic carbocycles. The van der Waals surface area contributed by atoms with Crippen LogP contribution in [0.15, 0.2) is 54.9 Å². The second-order valence-corrected chi connectivity index (χ2v) is 9.03. The van der Waals surface area contributed by atoms with Gasteiger partial charge in [0.1, 0.15) is 5.82 Å². The van der Waals surface area contributed by atoms with Gasteiger partial charge in [-0.1, -0.05) is 24.3 Å². The van der Waals surface area contributed by atoms with Crippen LogP contribution in [-0.4, -0.2) is 52.4 Å². The normalized spacial score (nSPS) is 14.7. The summed E-state index contributed by atoms with van der Waals surface area (Å²) in [5.74, 6) is -0.126. The van der Waals surface area contributed by atoms with Crippen molar-refractivity contribution in [1.82, 2.24) is 19.7 Å². The van der Waals surface area contributed by atoms with E-state index in [1.807, 2.05) is 41.4 Å². The van der Waals surface area contributed by atoms with Gasteiger partial charge in [-0.25, -0.2) is 4.39 Å². The quantitative estimate of drug-likeness (QED) is 0.417. The number of nitrogens with two attached hydrogens (primary N) is 1. The average molecular weight is 476 g/mol. The molecule has 1 aliphatic heterocycles. The third-order valence-corrected chi connectivity index (χ3v) is 6.98. The van der Waals surface area contributed by atoms with E-state index in [4.69, 9.17) is 10.5 Å². The molecule has 3 N–H and O–H groups in total. The van der Waals surface area contributed by atoms with Crippen LogP contribution < -0.4 is 5.73 Å². The number of methoxy groups -OCH3 is 1. The van der Waals surface area contributed by atoms with Crippen molar-refractivity contribution in [3.8, 4) is 11.3 Å². The number of ether oxygens (including phenoxy) is 1. The molecule has 0 bridgehead atoms. The minimum Gasteiger partial charge on any atom is -0.383 e. The Balaban J connectivity index is 1.44. The molecule has 4 aromatic rings. The molecular weight excluding hydrogens is 445 g/mol. The Kier molecular flexibility index (Phi) is 6.66. The van der Waals surface area contributed by atoms with Gasteiger partial charge in [0.2, 0.25) is 0 Å². The zero-order valence-electron chi connectivity index (χ0n) is 19.8. The van der Waals surface area contributed by atoms with Crippen molar-refractivity contribution >= 4 is 16.8 Å². The zero-order valence-corrected chi connectivity index (χ0v) is 19.8. The molecular formula is C27H30FN5O2. The Morgan fingerprint density at radius 2 is 2.06 bits per heavy atom. The summed E-state index contributed by atoms with van der Waals surface area (Å²) in [4.78, 5) is 15.7. The number of fused-ring (bicyclic) bond motifs is 1. The van der Waals surface area contributed by atoms with Crippen molar-refractivity contribution in [3.63, 3.8) is 0 Å². The second-order valence-electron chi connectivity index (χ2n) is 9.03. The third-order valence-electron chi connectivity index (χ3n) is 6.98. The summed E-state index contributed by atoms with van der Waals surface area (Å²) in [5, 5.41) is 8.03. The fourth-order valence-electron chi connectivity index (χ4n) is 5.12. The first-order valence-corrected chi connectivity index (χ1v) is 12.0. The summed E-state index contributed by atoms with van der Waals surface area (Å²) in [6, 6.07) is 13.0. The van der Waals surface area contributed by atoms with Crippen LogP contribution in [0.5, 0.6) is 0 Å². The first-order valence-electron chi connectivity index (χ1n) is 12.0. The van der Waals surface area contributed by atoms with Crippen molar-refractivity contribution in [1.29, 1.82) is 0 Å². The summed E-state index contributed by atoms with van der Waals surface area (Å²) >= 11 is 0. The molecule has 1 saturated heterocycles. The molecule has 0 atom stereocenters. The van der Waals surface area contributed by atoms with Gasteiger partial charge < -0.3 is 19.9 Å². The Morgan fingerprint density at radius 3 is 2.77 bits per heavy atom. The number of rotatable bonds is 7. The van der Waals surface area contributed by atoms with Crippen LogP contribution >= 0.6 is 0 Å². The number of likely N-dealkylation sites (tertiary alicyclic amines) is 1. The van der Waals surface area contributed by atoms with Gasteiger partial charge in [0, 0.05) is 62.1 Å². The predicted octanol–water partition coefficient (Wildman–Crippen LogP) is 4.30. The van der Waals surface area contributed by atoms with E-state index in [2.05, 4.69) is 14.8 Å². The molecule has 0 spiro atoms. The maximum Gasteiger partial charge on any atom is 0.256 e. The second kappa shape index (κ2) is 10.0. The standard InChI is InChI=1S/C27H30FN5O2/c1-35-14-13-33-17-22(26-20(3-2-4-25(26)33)24-7-10-30-31-24)27(34)32-11-8-19(9-12-32)21-15-18(16-29)5-6-23(21)28/h2-7,10,15,17,19H,8-9,11-14,16,29H2,1H3,(H,30,31). The highest BCUT2D eigenvalue weighted by Crippen LogP contribution is 2.35. The smallest absolute Gasteiger partial charge is 0.256 e. The number of halogens is 1. The molecule has 2 aromatic heterocycles. The maximum atomic E-state index is 14.5. The van der Waals surface area contributed by atoms with Gasteiger partial charge in [0.25, 0.3) is 5.91 Å². The lowest BCUT2D eigenvalue weighted by Gasteiger charge is -2.32. The van der Waals surface area contributed by atoms with Crippen LogP contribution in [0.25, 0.3) is 22.2 Å². The number of H-pyrrole nitrogens is 1. The fraction of sp³-hybridized carbons (Fsp3) is 0.333. The average Bonchev–Trinajstić information content (AvgIpc) is 3.56. The summed E-state index contributed by atoms with van der Waals surface area (Å²) in [6.45, 7) is 2.73. The van der Waals surface area contributed by atoms with E-state index in [1.165, 1.54) is 6.07 Å². The van der Waals surface area contributed by atoms with Crippen molar-refractivity contribution in [3.05, 3.63) is 77.4 Å². The minimum absolute atomic E-state index is 0.00670. The number of hydrogen-bond donors (Lipinski definition) is 2. The largest absolute Gasteiger partial charge is 0.383 e. The summed E-state index contributed by atoms with van der Waals surface area (Å²) in [7, 11) is 1.67. The molecule has 5 rings (SSSR count). The van der Waals surface area contributed by atoms with E-state index >= 15 is 0 Å². The number of amides is 1. The van der Waals surface area contributed by atoms with Gasteiger partial charge in [-0.05, 0) is 48.1 Å². The van der Waals surface area contributed by atoms with Crippen molar-refractivity contribution in [2.75, 3.05) is 26.8 Å².